The van der Waals surface area contributed by atoms with Crippen molar-refractivity contribution in [1.82, 2.24) is 25.1 Å². The highest BCUT2D eigenvalue weighted by molar-refractivity contribution is 7.99. The molecular formula is C33H34N6O2S2. The molecule has 0 bridgehead atoms. The second-order valence-corrected chi connectivity index (χ2v) is 14.0. The third-order valence-electron chi connectivity index (χ3n) is 9.03. The second-order valence-electron chi connectivity index (χ2n) is 11.9. The standard InChI is InChI=1S/C33H34N6O2S2/c1-18-17-42-31-28(27(33-39-38-19(2)41-33)25(36-29(18)31)6-5-20-10-14-40-15-11-20)26-16-21-9-13-35-32(30(21)43-26)37-24-8-7-23-22(24)4-3-12-34-23/h3-4,9,12-13,16,18,20,24H,5-8,10-11,14-15,17H2,1-2H3,(H,35,37). The summed E-state index contributed by atoms with van der Waals surface area (Å²) in [5.41, 5.74) is 6.92. The van der Waals surface area contributed by atoms with Crippen LogP contribution < -0.4 is 5.32 Å². The van der Waals surface area contributed by atoms with Crippen molar-refractivity contribution in [3.8, 4) is 21.9 Å². The second kappa shape index (κ2) is 11.3. The molecule has 2 atom stereocenters. The molecule has 1 aliphatic carbocycles. The van der Waals surface area contributed by atoms with Crippen molar-refractivity contribution in [2.75, 3.05) is 24.3 Å². The van der Waals surface area contributed by atoms with E-state index in [2.05, 4.69) is 45.6 Å². The number of aryl methyl sites for hydroxylation is 3. The van der Waals surface area contributed by atoms with Crippen LogP contribution in [0.2, 0.25) is 0 Å². The van der Waals surface area contributed by atoms with Crippen LogP contribution in [0.4, 0.5) is 5.82 Å². The van der Waals surface area contributed by atoms with E-state index in [4.69, 9.17) is 19.1 Å². The predicted octanol–water partition coefficient (Wildman–Crippen LogP) is 7.78. The van der Waals surface area contributed by atoms with Crippen molar-refractivity contribution in [3.05, 3.63) is 65.2 Å². The van der Waals surface area contributed by atoms with Crippen LogP contribution in [0.3, 0.4) is 0 Å². The van der Waals surface area contributed by atoms with Gasteiger partial charge in [0.05, 0.1) is 27.7 Å². The average molecular weight is 611 g/mol. The third kappa shape index (κ3) is 5.03. The van der Waals surface area contributed by atoms with Gasteiger partial charge in [-0.2, -0.15) is 0 Å². The number of hydrogen-bond acceptors (Lipinski definition) is 10. The Morgan fingerprint density at radius 1 is 1.05 bits per heavy atom. The molecule has 2 aliphatic heterocycles. The summed E-state index contributed by atoms with van der Waals surface area (Å²) in [7, 11) is 0. The molecule has 0 aromatic carbocycles. The van der Waals surface area contributed by atoms with E-state index in [1.165, 1.54) is 37.7 Å². The summed E-state index contributed by atoms with van der Waals surface area (Å²) < 4.78 is 12.9. The zero-order valence-electron chi connectivity index (χ0n) is 24.4. The first-order valence-corrected chi connectivity index (χ1v) is 17.1. The molecule has 43 heavy (non-hydrogen) atoms. The van der Waals surface area contributed by atoms with Crippen molar-refractivity contribution < 1.29 is 9.15 Å². The molecule has 1 fully saturated rings. The molecule has 1 N–H and O–H groups in total. The first-order chi connectivity index (χ1) is 21.1. The van der Waals surface area contributed by atoms with E-state index in [-0.39, 0.29) is 6.04 Å². The smallest absolute Gasteiger partial charge is 0.250 e. The van der Waals surface area contributed by atoms with Gasteiger partial charge in [0.25, 0.3) is 0 Å². The fourth-order valence-electron chi connectivity index (χ4n) is 6.74. The van der Waals surface area contributed by atoms with Crippen molar-refractivity contribution in [1.29, 1.82) is 0 Å². The van der Waals surface area contributed by atoms with Gasteiger partial charge in [0, 0.05) is 65.2 Å². The Morgan fingerprint density at radius 2 is 1.95 bits per heavy atom. The van der Waals surface area contributed by atoms with Crippen LogP contribution in [0.1, 0.15) is 73.1 Å². The lowest BCUT2D eigenvalue weighted by Gasteiger charge is -2.22. The number of anilines is 1. The SMILES string of the molecule is Cc1nnc(-c2c(CCC3CCOCC3)nc3c(c2-c2cc4ccnc(NC5CCc6ncccc65)c4s2)SCC3C)o1. The van der Waals surface area contributed by atoms with E-state index in [0.717, 1.165) is 79.3 Å². The third-order valence-corrected chi connectivity index (χ3v) is 11.6. The van der Waals surface area contributed by atoms with E-state index in [1.54, 1.807) is 11.3 Å². The van der Waals surface area contributed by atoms with Crippen LogP contribution >= 0.6 is 23.1 Å². The number of hydrogen-bond donors (Lipinski definition) is 1. The molecule has 220 valence electrons. The van der Waals surface area contributed by atoms with Gasteiger partial charge in [0.1, 0.15) is 5.82 Å². The van der Waals surface area contributed by atoms with Gasteiger partial charge in [0.15, 0.2) is 0 Å². The van der Waals surface area contributed by atoms with Gasteiger partial charge in [0.2, 0.25) is 11.8 Å². The average Bonchev–Trinajstić information content (AvgIpc) is 3.83. The zero-order valence-corrected chi connectivity index (χ0v) is 26.1. The predicted molar refractivity (Wildman–Crippen MR) is 171 cm³/mol. The molecule has 10 heteroatoms. The van der Waals surface area contributed by atoms with Crippen LogP contribution in [0.25, 0.3) is 32.0 Å². The fraction of sp³-hybridized carbons (Fsp3) is 0.424. The van der Waals surface area contributed by atoms with Crippen LogP contribution in [0.5, 0.6) is 0 Å². The first kappa shape index (κ1) is 27.2. The zero-order chi connectivity index (χ0) is 28.9. The van der Waals surface area contributed by atoms with Crippen LogP contribution in [0, 0.1) is 12.8 Å². The first-order valence-electron chi connectivity index (χ1n) is 15.3. The molecule has 1 saturated heterocycles. The van der Waals surface area contributed by atoms with E-state index in [0.29, 0.717) is 23.6 Å². The summed E-state index contributed by atoms with van der Waals surface area (Å²) in [6, 6.07) is 8.85. The highest BCUT2D eigenvalue weighted by Crippen LogP contribution is 2.52. The van der Waals surface area contributed by atoms with Gasteiger partial charge in [-0.05, 0) is 73.6 Å². The van der Waals surface area contributed by atoms with E-state index >= 15 is 0 Å². The van der Waals surface area contributed by atoms with Gasteiger partial charge in [-0.15, -0.1) is 33.3 Å². The summed E-state index contributed by atoms with van der Waals surface area (Å²) in [6.45, 7) is 5.85. The van der Waals surface area contributed by atoms with Crippen molar-refractivity contribution in [2.45, 2.75) is 69.2 Å². The maximum absolute atomic E-state index is 6.15. The molecule has 0 radical (unpaired) electrons. The Labute approximate surface area is 259 Å². The normalized spacial score (nSPS) is 20.0. The molecule has 3 aliphatic rings. The van der Waals surface area contributed by atoms with Gasteiger partial charge in [-0.25, -0.2) is 4.98 Å². The van der Waals surface area contributed by atoms with E-state index in [9.17, 15) is 0 Å². The van der Waals surface area contributed by atoms with Crippen LogP contribution in [-0.4, -0.2) is 44.1 Å². The molecule has 8 rings (SSSR count). The number of nitrogens with zero attached hydrogens (tertiary/aromatic N) is 5. The molecule has 8 nitrogen and oxygen atoms in total. The summed E-state index contributed by atoms with van der Waals surface area (Å²) in [5.74, 6) is 4.12. The maximum Gasteiger partial charge on any atom is 0.250 e. The number of thioether (sulfide) groups is 1. The fourth-order valence-corrected chi connectivity index (χ4v) is 9.30. The summed E-state index contributed by atoms with van der Waals surface area (Å²) in [6.07, 6.45) is 9.99. The van der Waals surface area contributed by atoms with Gasteiger partial charge < -0.3 is 14.5 Å². The Balaban J connectivity index is 1.25. The number of aromatic nitrogens is 5. The number of thiophene rings is 1. The molecule has 7 heterocycles. The van der Waals surface area contributed by atoms with Gasteiger partial charge in [-0.3, -0.25) is 9.97 Å². The molecule has 5 aromatic heterocycles. The number of ether oxygens (including phenoxy) is 1. The summed E-state index contributed by atoms with van der Waals surface area (Å²) in [5, 5.41) is 13.7. The minimum Gasteiger partial charge on any atom is -0.421 e. The Bertz CT molecular complexity index is 1810. The summed E-state index contributed by atoms with van der Waals surface area (Å²) >= 11 is 3.69. The molecule has 0 amide bonds. The molecule has 5 aromatic rings. The molecular weight excluding hydrogens is 577 g/mol. The summed E-state index contributed by atoms with van der Waals surface area (Å²) in [4.78, 5) is 17.2. The number of fused-ring (bicyclic) bond motifs is 3. The van der Waals surface area contributed by atoms with Crippen LogP contribution in [-0.2, 0) is 17.6 Å². The number of nitrogens with one attached hydrogen (secondary N) is 1. The maximum atomic E-state index is 6.15. The highest BCUT2D eigenvalue weighted by atomic mass is 32.2. The molecule has 0 saturated carbocycles. The highest BCUT2D eigenvalue weighted by Gasteiger charge is 2.33. The van der Waals surface area contributed by atoms with Gasteiger partial charge in [-0.1, -0.05) is 13.0 Å². The molecule has 0 spiro atoms. The van der Waals surface area contributed by atoms with Crippen molar-refractivity contribution in [3.63, 3.8) is 0 Å². The van der Waals surface area contributed by atoms with Gasteiger partial charge >= 0.3 is 0 Å². The lowest BCUT2D eigenvalue weighted by atomic mass is 9.91. The van der Waals surface area contributed by atoms with Crippen molar-refractivity contribution >= 4 is 39.0 Å². The van der Waals surface area contributed by atoms with E-state index in [1.807, 2.05) is 37.1 Å². The number of rotatable bonds is 7. The Morgan fingerprint density at radius 3 is 2.81 bits per heavy atom. The lowest BCUT2D eigenvalue weighted by Crippen LogP contribution is -2.16. The Hall–Kier alpha value is -3.34. The van der Waals surface area contributed by atoms with Crippen LogP contribution in [0.15, 0.2) is 46.0 Å². The Kier molecular flexibility index (Phi) is 7.15. The lowest BCUT2D eigenvalue weighted by molar-refractivity contribution is 0.0639. The minimum absolute atomic E-state index is 0.211. The minimum atomic E-state index is 0.211. The largest absolute Gasteiger partial charge is 0.421 e. The quantitative estimate of drug-likeness (QED) is 0.198. The van der Waals surface area contributed by atoms with E-state index < -0.39 is 0 Å². The topological polar surface area (TPSA) is 98.9 Å². The monoisotopic (exact) mass is 610 g/mol. The molecule has 2 unspecified atom stereocenters. The van der Waals surface area contributed by atoms with Crippen molar-refractivity contribution in [2.24, 2.45) is 5.92 Å². The number of pyridine rings is 3.